The number of hydrogen-bond acceptors (Lipinski definition) is 3. The van der Waals surface area contributed by atoms with Gasteiger partial charge in [0.25, 0.3) is 0 Å². The summed E-state index contributed by atoms with van der Waals surface area (Å²) in [5, 5.41) is 5.51. The summed E-state index contributed by atoms with van der Waals surface area (Å²) in [7, 11) is 1.62. The summed E-state index contributed by atoms with van der Waals surface area (Å²) in [6.07, 6.45) is 0.305. The molecule has 0 aliphatic carbocycles. The zero-order chi connectivity index (χ0) is 16.7. The molecule has 1 aromatic rings. The van der Waals surface area contributed by atoms with E-state index in [2.05, 4.69) is 10.6 Å². The molecule has 5 nitrogen and oxygen atoms in total. The minimum absolute atomic E-state index is 0.0107. The number of amides is 2. The first-order chi connectivity index (χ1) is 10.3. The van der Waals surface area contributed by atoms with Gasteiger partial charge in [0, 0.05) is 12.5 Å². The lowest BCUT2D eigenvalue weighted by atomic mass is 9.96. The lowest BCUT2D eigenvalue weighted by molar-refractivity contribution is -0.129. The lowest BCUT2D eigenvalue weighted by Crippen LogP contribution is -2.46. The molecule has 1 aromatic carbocycles. The molecule has 0 heterocycles. The zero-order valence-corrected chi connectivity index (χ0v) is 14.0. The van der Waals surface area contributed by atoms with E-state index in [1.807, 2.05) is 45.0 Å². The topological polar surface area (TPSA) is 67.4 Å². The van der Waals surface area contributed by atoms with E-state index in [1.165, 1.54) is 0 Å². The molecular weight excluding hydrogens is 280 g/mol. The van der Waals surface area contributed by atoms with Crippen LogP contribution in [0.25, 0.3) is 0 Å². The Morgan fingerprint density at radius 3 is 2.32 bits per heavy atom. The highest BCUT2D eigenvalue weighted by Crippen LogP contribution is 2.28. The van der Waals surface area contributed by atoms with Crippen molar-refractivity contribution in [3.8, 4) is 5.75 Å². The summed E-state index contributed by atoms with van der Waals surface area (Å²) in [6.45, 7) is 7.42. The third-order valence-corrected chi connectivity index (χ3v) is 3.36. The van der Waals surface area contributed by atoms with Crippen LogP contribution in [0.1, 0.15) is 45.6 Å². The average molecular weight is 306 g/mol. The van der Waals surface area contributed by atoms with Crippen molar-refractivity contribution in [2.75, 3.05) is 7.11 Å². The highest BCUT2D eigenvalue weighted by molar-refractivity contribution is 5.87. The predicted molar refractivity (Wildman–Crippen MR) is 86.9 cm³/mol. The van der Waals surface area contributed by atoms with E-state index in [0.29, 0.717) is 6.42 Å². The molecule has 0 spiro atoms. The fourth-order valence-corrected chi connectivity index (χ4v) is 2.24. The maximum atomic E-state index is 12.1. The van der Waals surface area contributed by atoms with E-state index in [-0.39, 0.29) is 23.8 Å². The van der Waals surface area contributed by atoms with Gasteiger partial charge >= 0.3 is 0 Å². The molecule has 122 valence electrons. The molecule has 1 rings (SSSR count). The van der Waals surface area contributed by atoms with Crippen molar-refractivity contribution in [2.24, 2.45) is 0 Å². The van der Waals surface area contributed by atoms with Gasteiger partial charge < -0.3 is 15.4 Å². The van der Waals surface area contributed by atoms with Crippen LogP contribution in [0.2, 0.25) is 0 Å². The molecule has 0 aliphatic heterocycles. The van der Waals surface area contributed by atoms with Gasteiger partial charge in [0.05, 0.1) is 7.11 Å². The number of para-hydroxylation sites is 1. The Hall–Kier alpha value is -2.04. The Kier molecular flexibility index (Phi) is 6.89. The van der Waals surface area contributed by atoms with Crippen molar-refractivity contribution in [3.05, 3.63) is 29.8 Å². The Bertz CT molecular complexity index is 514. The van der Waals surface area contributed by atoms with Crippen LogP contribution in [0, 0.1) is 0 Å². The standard InChI is InChI=1S/C17H26N2O3/c1-11(2)18-17(21)13(4)19-16(20)10-12(3)14-8-6-7-9-15(14)22-5/h6-9,11-13H,10H2,1-5H3,(H,18,21)(H,19,20). The molecule has 0 fully saturated rings. The molecule has 0 aromatic heterocycles. The second-order valence-electron chi connectivity index (χ2n) is 5.80. The maximum absolute atomic E-state index is 12.1. The van der Waals surface area contributed by atoms with Gasteiger partial charge in [-0.15, -0.1) is 0 Å². The second-order valence-corrected chi connectivity index (χ2v) is 5.80. The summed E-state index contributed by atoms with van der Waals surface area (Å²) >= 11 is 0. The van der Waals surface area contributed by atoms with Crippen LogP contribution < -0.4 is 15.4 Å². The molecule has 0 bridgehead atoms. The minimum atomic E-state index is -0.542. The fourth-order valence-electron chi connectivity index (χ4n) is 2.24. The predicted octanol–water partition coefficient (Wildman–Crippen LogP) is 2.22. The van der Waals surface area contributed by atoms with Crippen LogP contribution in [-0.4, -0.2) is 31.0 Å². The Morgan fingerprint density at radius 1 is 1.09 bits per heavy atom. The second kappa shape index (κ2) is 8.41. The average Bonchev–Trinajstić information content (AvgIpc) is 2.46. The van der Waals surface area contributed by atoms with E-state index in [4.69, 9.17) is 4.74 Å². The molecule has 0 saturated carbocycles. The van der Waals surface area contributed by atoms with Crippen LogP contribution in [-0.2, 0) is 9.59 Å². The Morgan fingerprint density at radius 2 is 1.73 bits per heavy atom. The number of ether oxygens (including phenoxy) is 1. The summed E-state index contributed by atoms with van der Waals surface area (Å²) in [4.78, 5) is 23.9. The van der Waals surface area contributed by atoms with E-state index in [9.17, 15) is 9.59 Å². The van der Waals surface area contributed by atoms with Gasteiger partial charge in [0.15, 0.2) is 0 Å². The molecule has 2 amide bonds. The molecule has 2 N–H and O–H groups in total. The van der Waals surface area contributed by atoms with Crippen molar-refractivity contribution in [3.63, 3.8) is 0 Å². The van der Waals surface area contributed by atoms with Gasteiger partial charge in [0.2, 0.25) is 11.8 Å². The first-order valence-electron chi connectivity index (χ1n) is 7.57. The molecule has 2 atom stereocenters. The van der Waals surface area contributed by atoms with Gasteiger partial charge in [-0.05, 0) is 38.3 Å². The van der Waals surface area contributed by atoms with Crippen molar-refractivity contribution in [2.45, 2.75) is 52.1 Å². The van der Waals surface area contributed by atoms with Crippen LogP contribution in [0.5, 0.6) is 5.75 Å². The van der Waals surface area contributed by atoms with Gasteiger partial charge in [-0.2, -0.15) is 0 Å². The van der Waals surface area contributed by atoms with Crippen LogP contribution in [0.4, 0.5) is 0 Å². The molecule has 0 saturated heterocycles. The first-order valence-corrected chi connectivity index (χ1v) is 7.57. The molecule has 22 heavy (non-hydrogen) atoms. The number of benzene rings is 1. The quantitative estimate of drug-likeness (QED) is 0.811. The third kappa shape index (κ3) is 5.39. The Labute approximate surface area is 132 Å². The number of methoxy groups -OCH3 is 1. The SMILES string of the molecule is COc1ccccc1C(C)CC(=O)NC(C)C(=O)NC(C)C. The molecular formula is C17H26N2O3. The van der Waals surface area contributed by atoms with Crippen molar-refractivity contribution < 1.29 is 14.3 Å². The smallest absolute Gasteiger partial charge is 0.242 e. The Balaban J connectivity index is 2.59. The van der Waals surface area contributed by atoms with Crippen LogP contribution >= 0.6 is 0 Å². The molecule has 0 aliphatic rings. The van der Waals surface area contributed by atoms with Crippen molar-refractivity contribution in [1.29, 1.82) is 0 Å². The highest BCUT2D eigenvalue weighted by atomic mass is 16.5. The van der Waals surface area contributed by atoms with E-state index < -0.39 is 6.04 Å². The van der Waals surface area contributed by atoms with Crippen molar-refractivity contribution in [1.82, 2.24) is 10.6 Å². The zero-order valence-electron chi connectivity index (χ0n) is 14.0. The van der Waals surface area contributed by atoms with E-state index in [1.54, 1.807) is 14.0 Å². The number of hydrogen-bond donors (Lipinski definition) is 2. The summed E-state index contributed by atoms with van der Waals surface area (Å²) in [5.74, 6) is 0.461. The van der Waals surface area contributed by atoms with Gasteiger partial charge in [-0.25, -0.2) is 0 Å². The van der Waals surface area contributed by atoms with E-state index in [0.717, 1.165) is 11.3 Å². The van der Waals surface area contributed by atoms with Crippen LogP contribution in [0.3, 0.4) is 0 Å². The summed E-state index contributed by atoms with van der Waals surface area (Å²) in [6, 6.07) is 7.16. The normalized spacial score (nSPS) is 13.4. The lowest BCUT2D eigenvalue weighted by Gasteiger charge is -2.18. The van der Waals surface area contributed by atoms with Gasteiger partial charge in [-0.1, -0.05) is 25.1 Å². The monoisotopic (exact) mass is 306 g/mol. The van der Waals surface area contributed by atoms with E-state index >= 15 is 0 Å². The molecule has 2 unspecified atom stereocenters. The fraction of sp³-hybridized carbons (Fsp3) is 0.529. The van der Waals surface area contributed by atoms with Gasteiger partial charge in [-0.3, -0.25) is 9.59 Å². The largest absolute Gasteiger partial charge is 0.496 e. The number of carbonyl (C=O) groups is 2. The minimum Gasteiger partial charge on any atom is -0.496 e. The number of nitrogens with one attached hydrogen (secondary N) is 2. The first kappa shape index (κ1) is 18.0. The number of rotatable bonds is 7. The van der Waals surface area contributed by atoms with Gasteiger partial charge in [0.1, 0.15) is 11.8 Å². The van der Waals surface area contributed by atoms with Crippen molar-refractivity contribution >= 4 is 11.8 Å². The summed E-state index contributed by atoms with van der Waals surface area (Å²) in [5.41, 5.74) is 0.986. The highest BCUT2D eigenvalue weighted by Gasteiger charge is 2.19. The maximum Gasteiger partial charge on any atom is 0.242 e. The molecule has 5 heteroatoms. The number of carbonyl (C=O) groups excluding carboxylic acids is 2. The molecule has 0 radical (unpaired) electrons. The third-order valence-electron chi connectivity index (χ3n) is 3.36. The summed E-state index contributed by atoms with van der Waals surface area (Å²) < 4.78 is 5.32. The van der Waals surface area contributed by atoms with Crippen LogP contribution in [0.15, 0.2) is 24.3 Å².